The lowest BCUT2D eigenvalue weighted by Gasteiger charge is -2.33. The molecule has 0 saturated carbocycles. The minimum atomic E-state index is -0.466. The number of methoxy groups -OCH3 is 1. The second-order valence-corrected chi connectivity index (χ2v) is 8.75. The van der Waals surface area contributed by atoms with Gasteiger partial charge in [0.2, 0.25) is 0 Å². The lowest BCUT2D eigenvalue weighted by atomic mass is 10.1. The first-order valence-corrected chi connectivity index (χ1v) is 10.8. The van der Waals surface area contributed by atoms with Gasteiger partial charge in [-0.2, -0.15) is 0 Å². The number of aryl methyl sites for hydroxylation is 1. The molecule has 3 aromatic rings. The van der Waals surface area contributed by atoms with Crippen molar-refractivity contribution in [3.8, 4) is 0 Å². The van der Waals surface area contributed by atoms with Crippen LogP contribution in [0.1, 0.15) is 24.9 Å². The predicted octanol–water partition coefficient (Wildman–Crippen LogP) is 2.85. The molecule has 0 unspecified atom stereocenters. The molecule has 0 radical (unpaired) electrons. The molecule has 29 heavy (non-hydrogen) atoms. The third kappa shape index (κ3) is 3.70. The number of anilines is 2. The number of nitrogens with zero attached hydrogens (tertiary/aromatic N) is 4. The van der Waals surface area contributed by atoms with Gasteiger partial charge in [0.05, 0.1) is 23.1 Å². The zero-order valence-corrected chi connectivity index (χ0v) is 18.0. The molecule has 1 fully saturated rings. The number of rotatable bonds is 4. The molecule has 10 heteroatoms. The van der Waals surface area contributed by atoms with Crippen LogP contribution in [0.25, 0.3) is 10.2 Å². The molecular formula is C19H21N5O3S2. The number of hydrogen-bond acceptors (Lipinski definition) is 9. The van der Waals surface area contributed by atoms with Gasteiger partial charge in [0.15, 0.2) is 0 Å². The van der Waals surface area contributed by atoms with Crippen LogP contribution in [0.15, 0.2) is 17.8 Å². The van der Waals surface area contributed by atoms with Gasteiger partial charge >= 0.3 is 5.97 Å². The van der Waals surface area contributed by atoms with E-state index in [4.69, 9.17) is 4.74 Å². The lowest BCUT2D eigenvalue weighted by molar-refractivity contribution is 0.0607. The normalized spacial score (nSPS) is 14.9. The quantitative estimate of drug-likeness (QED) is 0.636. The van der Waals surface area contributed by atoms with Crippen LogP contribution < -0.4 is 10.2 Å². The number of nitrogens with one attached hydrogen (secondary N) is 1. The highest BCUT2D eigenvalue weighted by molar-refractivity contribution is 7.20. The smallest absolute Gasteiger partial charge is 0.350 e. The van der Waals surface area contributed by atoms with Crippen molar-refractivity contribution in [2.45, 2.75) is 6.92 Å². The Kier molecular flexibility index (Phi) is 5.48. The lowest BCUT2D eigenvalue weighted by Crippen LogP contribution is -2.44. The number of hydrogen-bond donors (Lipinski definition) is 1. The molecule has 8 nitrogen and oxygen atoms in total. The Hall–Kier alpha value is -2.56. The average molecular weight is 432 g/mol. The highest BCUT2D eigenvalue weighted by Gasteiger charge is 2.25. The minimum Gasteiger partial charge on any atom is -0.465 e. The van der Waals surface area contributed by atoms with Gasteiger partial charge in [-0.25, -0.2) is 14.8 Å². The van der Waals surface area contributed by atoms with E-state index in [1.165, 1.54) is 29.8 Å². The maximum absolute atomic E-state index is 13.0. The SMILES string of the molecule is COC(=O)c1sccc1NC(=O)c1sc2ncnc(N3CCN(C)CC3)c2c1C. The van der Waals surface area contributed by atoms with Gasteiger partial charge in [-0.05, 0) is 31.0 Å². The van der Waals surface area contributed by atoms with E-state index in [1.54, 1.807) is 17.8 Å². The van der Waals surface area contributed by atoms with E-state index in [9.17, 15) is 9.59 Å². The number of ether oxygens (including phenoxy) is 1. The van der Waals surface area contributed by atoms with Crippen LogP contribution in [0.5, 0.6) is 0 Å². The number of esters is 1. The van der Waals surface area contributed by atoms with Gasteiger partial charge in [0, 0.05) is 26.2 Å². The third-order valence-electron chi connectivity index (χ3n) is 5.00. The van der Waals surface area contributed by atoms with Crippen molar-refractivity contribution in [1.82, 2.24) is 14.9 Å². The topological polar surface area (TPSA) is 87.7 Å². The van der Waals surface area contributed by atoms with Crippen LogP contribution >= 0.6 is 22.7 Å². The summed E-state index contributed by atoms with van der Waals surface area (Å²) in [6, 6.07) is 1.70. The molecule has 0 spiro atoms. The summed E-state index contributed by atoms with van der Waals surface area (Å²) in [5.41, 5.74) is 1.31. The van der Waals surface area contributed by atoms with Crippen molar-refractivity contribution < 1.29 is 14.3 Å². The van der Waals surface area contributed by atoms with Gasteiger partial charge in [-0.1, -0.05) is 0 Å². The Morgan fingerprint density at radius 2 is 1.93 bits per heavy atom. The predicted molar refractivity (Wildman–Crippen MR) is 115 cm³/mol. The van der Waals surface area contributed by atoms with E-state index in [1.807, 2.05) is 6.92 Å². The summed E-state index contributed by atoms with van der Waals surface area (Å²) in [6.45, 7) is 5.63. The highest BCUT2D eigenvalue weighted by atomic mass is 32.1. The number of carbonyl (C=O) groups is 2. The molecule has 1 saturated heterocycles. The monoisotopic (exact) mass is 431 g/mol. The van der Waals surface area contributed by atoms with Crippen LogP contribution in [0.4, 0.5) is 11.5 Å². The van der Waals surface area contributed by atoms with E-state index >= 15 is 0 Å². The van der Waals surface area contributed by atoms with Gasteiger partial charge in [0.1, 0.15) is 21.9 Å². The Labute approximate surface area is 176 Å². The van der Waals surface area contributed by atoms with Gasteiger partial charge < -0.3 is 19.9 Å². The molecule has 4 rings (SSSR count). The van der Waals surface area contributed by atoms with E-state index in [-0.39, 0.29) is 5.91 Å². The van der Waals surface area contributed by atoms with Crippen molar-refractivity contribution in [2.75, 3.05) is 50.6 Å². The first kappa shape index (κ1) is 19.7. The Morgan fingerprint density at radius 3 is 2.66 bits per heavy atom. The Balaban J connectivity index is 1.66. The second-order valence-electron chi connectivity index (χ2n) is 6.83. The molecule has 0 aromatic carbocycles. The summed E-state index contributed by atoms with van der Waals surface area (Å²) >= 11 is 2.57. The fourth-order valence-corrected chi connectivity index (χ4v) is 5.17. The molecule has 0 bridgehead atoms. The van der Waals surface area contributed by atoms with Crippen molar-refractivity contribution in [1.29, 1.82) is 0 Å². The molecule has 1 aliphatic heterocycles. The molecule has 3 aromatic heterocycles. The van der Waals surface area contributed by atoms with Crippen molar-refractivity contribution in [3.63, 3.8) is 0 Å². The largest absolute Gasteiger partial charge is 0.465 e. The molecule has 0 aliphatic carbocycles. The summed E-state index contributed by atoms with van der Waals surface area (Å²) in [5, 5.41) is 5.51. The van der Waals surface area contributed by atoms with E-state index in [0.29, 0.717) is 15.4 Å². The molecule has 152 valence electrons. The summed E-state index contributed by atoms with van der Waals surface area (Å²) in [7, 11) is 3.43. The van der Waals surface area contributed by atoms with Gasteiger partial charge in [-0.3, -0.25) is 4.79 Å². The van der Waals surface area contributed by atoms with Gasteiger partial charge in [-0.15, -0.1) is 22.7 Å². The second kappa shape index (κ2) is 8.05. The van der Waals surface area contributed by atoms with Crippen molar-refractivity contribution in [3.05, 3.63) is 33.1 Å². The number of likely N-dealkylation sites (N-methyl/N-ethyl adjacent to an activating group) is 1. The molecule has 1 aliphatic rings. The highest BCUT2D eigenvalue weighted by Crippen LogP contribution is 2.36. The summed E-state index contributed by atoms with van der Waals surface area (Å²) in [4.78, 5) is 40.0. The zero-order chi connectivity index (χ0) is 20.5. The zero-order valence-electron chi connectivity index (χ0n) is 16.4. The number of fused-ring (bicyclic) bond motifs is 1. The fraction of sp³-hybridized carbons (Fsp3) is 0.368. The van der Waals surface area contributed by atoms with Crippen LogP contribution in [-0.4, -0.2) is 67.1 Å². The van der Waals surface area contributed by atoms with Gasteiger partial charge in [0.25, 0.3) is 5.91 Å². The number of aromatic nitrogens is 2. The van der Waals surface area contributed by atoms with Crippen LogP contribution in [0.3, 0.4) is 0 Å². The van der Waals surface area contributed by atoms with E-state index in [2.05, 4.69) is 32.1 Å². The number of carbonyl (C=O) groups excluding carboxylic acids is 2. The molecule has 4 heterocycles. The molecule has 0 atom stereocenters. The van der Waals surface area contributed by atoms with E-state index in [0.717, 1.165) is 47.8 Å². The number of thiophene rings is 2. The molecular weight excluding hydrogens is 410 g/mol. The maximum Gasteiger partial charge on any atom is 0.350 e. The third-order valence-corrected chi connectivity index (χ3v) is 7.09. The standard InChI is InChI=1S/C19H21N5O3S2/c1-11-13-16(24-7-5-23(2)6-8-24)20-10-21-18(13)29-14(11)17(25)22-12-4-9-28-15(12)19(26)27-3/h4,9-10H,5-8H2,1-3H3,(H,22,25). The minimum absolute atomic E-state index is 0.265. The summed E-state index contributed by atoms with van der Waals surface area (Å²) < 4.78 is 4.78. The summed E-state index contributed by atoms with van der Waals surface area (Å²) in [5.74, 6) is 0.145. The van der Waals surface area contributed by atoms with Crippen LogP contribution in [0, 0.1) is 6.92 Å². The van der Waals surface area contributed by atoms with E-state index < -0.39 is 5.97 Å². The first-order valence-electron chi connectivity index (χ1n) is 9.14. The average Bonchev–Trinajstić information content (AvgIpc) is 3.32. The van der Waals surface area contributed by atoms with Crippen LogP contribution in [0.2, 0.25) is 0 Å². The molecule has 1 N–H and O–H groups in total. The Morgan fingerprint density at radius 1 is 1.17 bits per heavy atom. The Bertz CT molecular complexity index is 1070. The van der Waals surface area contributed by atoms with Crippen molar-refractivity contribution in [2.24, 2.45) is 0 Å². The number of piperazine rings is 1. The maximum atomic E-state index is 13.0. The summed E-state index contributed by atoms with van der Waals surface area (Å²) in [6.07, 6.45) is 1.56. The molecule has 1 amide bonds. The first-order chi connectivity index (χ1) is 14.0. The van der Waals surface area contributed by atoms with Crippen LogP contribution in [-0.2, 0) is 4.74 Å². The van der Waals surface area contributed by atoms with Crippen molar-refractivity contribution >= 4 is 56.3 Å². The number of amides is 1. The fourth-order valence-electron chi connectivity index (χ4n) is 3.37.